The molecule has 1 heterocycles. The first-order valence-electron chi connectivity index (χ1n) is 5.46. The van der Waals surface area contributed by atoms with Gasteiger partial charge in [-0.1, -0.05) is 20.3 Å². The third kappa shape index (κ3) is 1.37. The summed E-state index contributed by atoms with van der Waals surface area (Å²) >= 11 is 0. The van der Waals surface area contributed by atoms with Crippen LogP contribution in [0.25, 0.3) is 0 Å². The molecular formula is C12H18O2. The van der Waals surface area contributed by atoms with Crippen molar-refractivity contribution in [2.24, 2.45) is 5.41 Å². The van der Waals surface area contributed by atoms with Gasteiger partial charge in [0.1, 0.15) is 6.10 Å². The van der Waals surface area contributed by atoms with Crippen LogP contribution in [-0.2, 0) is 9.53 Å². The lowest BCUT2D eigenvalue weighted by Crippen LogP contribution is -2.29. The predicted molar refractivity (Wildman–Crippen MR) is 54.8 cm³/mol. The molecule has 1 aliphatic carbocycles. The third-order valence-electron chi connectivity index (χ3n) is 3.96. The average Bonchev–Trinajstić information content (AvgIpc) is 2.42. The summed E-state index contributed by atoms with van der Waals surface area (Å²) in [5, 5.41) is 0. The van der Waals surface area contributed by atoms with Gasteiger partial charge in [-0.3, -0.25) is 0 Å². The molecular weight excluding hydrogens is 176 g/mol. The second-order valence-electron chi connectivity index (χ2n) is 4.91. The lowest BCUT2D eigenvalue weighted by molar-refractivity contribution is -0.141. The molecule has 78 valence electrons. The molecule has 1 fully saturated rings. The fraction of sp³-hybridized carbons (Fsp3) is 0.750. The van der Waals surface area contributed by atoms with Crippen LogP contribution in [0.5, 0.6) is 0 Å². The Labute approximate surface area is 85.3 Å². The van der Waals surface area contributed by atoms with Crippen LogP contribution in [0.15, 0.2) is 11.1 Å². The maximum absolute atomic E-state index is 11.4. The topological polar surface area (TPSA) is 26.3 Å². The molecule has 2 unspecified atom stereocenters. The molecule has 2 rings (SSSR count). The minimum absolute atomic E-state index is 0.0923. The molecule has 0 radical (unpaired) electrons. The van der Waals surface area contributed by atoms with E-state index in [1.165, 1.54) is 18.4 Å². The van der Waals surface area contributed by atoms with Gasteiger partial charge >= 0.3 is 5.97 Å². The molecule has 0 N–H and O–H groups in total. The molecule has 2 heteroatoms. The van der Waals surface area contributed by atoms with E-state index >= 15 is 0 Å². The zero-order valence-corrected chi connectivity index (χ0v) is 9.22. The third-order valence-corrected chi connectivity index (χ3v) is 3.96. The van der Waals surface area contributed by atoms with Gasteiger partial charge in [0.15, 0.2) is 0 Å². The fourth-order valence-corrected chi connectivity index (χ4v) is 2.48. The Morgan fingerprint density at radius 1 is 1.57 bits per heavy atom. The summed E-state index contributed by atoms with van der Waals surface area (Å²) in [5.74, 6) is -0.0923. The quantitative estimate of drug-likeness (QED) is 0.600. The summed E-state index contributed by atoms with van der Waals surface area (Å²) in [6.07, 6.45) is 4.53. The van der Waals surface area contributed by atoms with E-state index in [9.17, 15) is 4.79 Å². The fourth-order valence-electron chi connectivity index (χ4n) is 2.48. The van der Waals surface area contributed by atoms with Crippen molar-refractivity contribution in [1.29, 1.82) is 0 Å². The second kappa shape index (κ2) is 3.11. The van der Waals surface area contributed by atoms with Crippen LogP contribution in [0.2, 0.25) is 0 Å². The van der Waals surface area contributed by atoms with E-state index in [0.29, 0.717) is 5.41 Å². The molecule has 0 aromatic carbocycles. The van der Waals surface area contributed by atoms with Gasteiger partial charge in [-0.05, 0) is 37.2 Å². The monoisotopic (exact) mass is 194 g/mol. The standard InChI is InChI=1S/C12H18O2/c1-4-12(3)6-5-9-8(2)11(13)14-10(9)7-12/h10H,4-7H2,1-3H3. The summed E-state index contributed by atoms with van der Waals surface area (Å²) in [4.78, 5) is 11.4. The summed E-state index contributed by atoms with van der Waals surface area (Å²) in [6, 6.07) is 0. The highest BCUT2D eigenvalue weighted by molar-refractivity contribution is 5.91. The Hall–Kier alpha value is -0.790. The highest BCUT2D eigenvalue weighted by Crippen LogP contribution is 2.45. The number of hydrogen-bond donors (Lipinski definition) is 0. The lowest BCUT2D eigenvalue weighted by atomic mass is 9.71. The van der Waals surface area contributed by atoms with E-state index in [0.717, 1.165) is 18.4 Å². The van der Waals surface area contributed by atoms with E-state index in [2.05, 4.69) is 13.8 Å². The first-order valence-corrected chi connectivity index (χ1v) is 5.46. The van der Waals surface area contributed by atoms with Crippen molar-refractivity contribution in [1.82, 2.24) is 0 Å². The van der Waals surface area contributed by atoms with Gasteiger partial charge in [0.05, 0.1) is 0 Å². The van der Waals surface area contributed by atoms with Crippen LogP contribution in [0.3, 0.4) is 0 Å². The number of hydrogen-bond acceptors (Lipinski definition) is 2. The van der Waals surface area contributed by atoms with Gasteiger partial charge in [-0.25, -0.2) is 4.79 Å². The Balaban J connectivity index is 2.20. The molecule has 0 aromatic rings. The van der Waals surface area contributed by atoms with Gasteiger partial charge in [0.25, 0.3) is 0 Å². The molecule has 14 heavy (non-hydrogen) atoms. The summed E-state index contributed by atoms with van der Waals surface area (Å²) < 4.78 is 5.36. The van der Waals surface area contributed by atoms with E-state index in [4.69, 9.17) is 4.74 Å². The van der Waals surface area contributed by atoms with Crippen LogP contribution in [0, 0.1) is 5.41 Å². The van der Waals surface area contributed by atoms with Crippen LogP contribution < -0.4 is 0 Å². The lowest BCUT2D eigenvalue weighted by Gasteiger charge is -2.36. The predicted octanol–water partition coefficient (Wildman–Crippen LogP) is 2.83. The SMILES string of the molecule is CCC1(C)CCC2=C(C)C(=O)OC2C1. The van der Waals surface area contributed by atoms with Gasteiger partial charge in [-0.15, -0.1) is 0 Å². The Morgan fingerprint density at radius 2 is 2.29 bits per heavy atom. The van der Waals surface area contributed by atoms with E-state index in [1.807, 2.05) is 6.92 Å². The Bertz CT molecular complexity index is 303. The number of fused-ring (bicyclic) bond motifs is 1. The number of carbonyl (C=O) groups excluding carboxylic acids is 1. The van der Waals surface area contributed by atoms with E-state index < -0.39 is 0 Å². The minimum Gasteiger partial charge on any atom is -0.454 e. The van der Waals surface area contributed by atoms with Crippen molar-refractivity contribution in [2.75, 3.05) is 0 Å². The maximum atomic E-state index is 11.4. The highest BCUT2D eigenvalue weighted by Gasteiger charge is 2.40. The molecule has 2 nitrogen and oxygen atoms in total. The zero-order chi connectivity index (χ0) is 10.3. The number of rotatable bonds is 1. The molecule has 2 aliphatic rings. The van der Waals surface area contributed by atoms with E-state index in [-0.39, 0.29) is 12.1 Å². The normalized spacial score (nSPS) is 37.1. The van der Waals surface area contributed by atoms with Crippen molar-refractivity contribution < 1.29 is 9.53 Å². The molecule has 0 amide bonds. The van der Waals surface area contributed by atoms with Crippen molar-refractivity contribution in [3.63, 3.8) is 0 Å². The zero-order valence-electron chi connectivity index (χ0n) is 9.22. The van der Waals surface area contributed by atoms with Crippen LogP contribution in [0.4, 0.5) is 0 Å². The first kappa shape index (κ1) is 9.75. The van der Waals surface area contributed by atoms with Crippen molar-refractivity contribution in [3.05, 3.63) is 11.1 Å². The molecule has 0 aromatic heterocycles. The summed E-state index contributed by atoms with van der Waals surface area (Å²) in [5.41, 5.74) is 2.51. The summed E-state index contributed by atoms with van der Waals surface area (Å²) in [6.45, 7) is 6.41. The van der Waals surface area contributed by atoms with Crippen molar-refractivity contribution in [2.45, 2.75) is 52.6 Å². The highest BCUT2D eigenvalue weighted by atomic mass is 16.5. The molecule has 0 spiro atoms. The number of carbonyl (C=O) groups is 1. The average molecular weight is 194 g/mol. The molecule has 0 saturated heterocycles. The van der Waals surface area contributed by atoms with Gasteiger partial charge < -0.3 is 4.74 Å². The number of ether oxygens (including phenoxy) is 1. The maximum Gasteiger partial charge on any atom is 0.334 e. The second-order valence-corrected chi connectivity index (χ2v) is 4.91. The molecule has 1 aliphatic heterocycles. The summed E-state index contributed by atoms with van der Waals surface area (Å²) in [7, 11) is 0. The largest absolute Gasteiger partial charge is 0.454 e. The van der Waals surface area contributed by atoms with Crippen molar-refractivity contribution >= 4 is 5.97 Å². The first-order chi connectivity index (χ1) is 6.56. The van der Waals surface area contributed by atoms with Crippen LogP contribution in [0.1, 0.15) is 46.5 Å². The number of esters is 1. The molecule has 0 bridgehead atoms. The van der Waals surface area contributed by atoms with Crippen molar-refractivity contribution in [3.8, 4) is 0 Å². The Kier molecular flexibility index (Phi) is 2.17. The van der Waals surface area contributed by atoms with E-state index in [1.54, 1.807) is 0 Å². The van der Waals surface area contributed by atoms with Gasteiger partial charge in [-0.2, -0.15) is 0 Å². The van der Waals surface area contributed by atoms with Crippen LogP contribution >= 0.6 is 0 Å². The Morgan fingerprint density at radius 3 is 2.93 bits per heavy atom. The minimum atomic E-state index is -0.0923. The van der Waals surface area contributed by atoms with Crippen LogP contribution in [-0.4, -0.2) is 12.1 Å². The smallest absolute Gasteiger partial charge is 0.334 e. The molecule has 2 atom stereocenters. The van der Waals surface area contributed by atoms with Gasteiger partial charge in [0, 0.05) is 5.57 Å². The molecule has 1 saturated carbocycles. The van der Waals surface area contributed by atoms with Gasteiger partial charge in [0.2, 0.25) is 0 Å².